The molecule has 0 aliphatic rings. The van der Waals surface area contributed by atoms with Gasteiger partial charge in [0, 0.05) is 19.3 Å². The molecule has 6 nitrogen and oxygen atoms in total. The maximum atomic E-state index is 12.7. The van der Waals surface area contributed by atoms with Crippen molar-refractivity contribution < 1.29 is 28.6 Å². The first-order valence-corrected chi connectivity index (χ1v) is 21.4. The molecule has 0 spiro atoms. The van der Waals surface area contributed by atoms with Crippen molar-refractivity contribution in [1.82, 2.24) is 0 Å². The molecule has 0 aromatic carbocycles. The van der Waals surface area contributed by atoms with Gasteiger partial charge >= 0.3 is 17.9 Å². The Labute approximate surface area is 320 Å². The van der Waals surface area contributed by atoms with Crippen molar-refractivity contribution in [2.24, 2.45) is 0 Å². The largest absolute Gasteiger partial charge is 0.462 e. The average Bonchev–Trinajstić information content (AvgIpc) is 3.14. The fourth-order valence-electron chi connectivity index (χ4n) is 5.71. The summed E-state index contributed by atoms with van der Waals surface area (Å²) in [5, 5.41) is 0. The molecule has 0 saturated carbocycles. The van der Waals surface area contributed by atoms with Crippen molar-refractivity contribution in [3.63, 3.8) is 0 Å². The van der Waals surface area contributed by atoms with Gasteiger partial charge < -0.3 is 14.2 Å². The highest BCUT2D eigenvalue weighted by molar-refractivity contribution is 5.71. The summed E-state index contributed by atoms with van der Waals surface area (Å²) in [7, 11) is 0. The van der Waals surface area contributed by atoms with Crippen LogP contribution in [0.25, 0.3) is 0 Å². The van der Waals surface area contributed by atoms with E-state index in [2.05, 4.69) is 26.8 Å². The van der Waals surface area contributed by atoms with Crippen LogP contribution in [-0.2, 0) is 28.6 Å². The molecule has 0 aliphatic carbocycles. The van der Waals surface area contributed by atoms with Gasteiger partial charge in [-0.3, -0.25) is 14.4 Å². The first-order valence-electron chi connectivity index (χ1n) is 21.4. The van der Waals surface area contributed by atoms with Crippen LogP contribution >= 0.6 is 0 Å². The molecular weight excluding hydrogens is 648 g/mol. The number of carbonyl (C=O) groups excluding carboxylic acids is 3. The van der Waals surface area contributed by atoms with Crippen LogP contribution in [-0.4, -0.2) is 37.2 Å². The van der Waals surface area contributed by atoms with Gasteiger partial charge in [0.15, 0.2) is 6.10 Å². The molecule has 52 heavy (non-hydrogen) atoms. The van der Waals surface area contributed by atoms with E-state index in [1.807, 2.05) is 54.7 Å². The molecule has 0 N–H and O–H groups in total. The standard InChI is InChI=1S/C46H78O6/c1-4-7-10-13-16-19-22-23-25-27-30-33-36-39-45(48)51-42-43(41-50-44(47)38-35-32-29-26-21-18-15-12-9-6-3)52-46(49)40-37-34-31-28-24-20-17-14-11-8-5-2/h7,10,13,16,19,22-23,25,27,30,43H,4-6,8-9,11-12,14-15,17-18,20-21,24,26,28-29,31-42H2,1-3H3/b10-7-,16-13-,22-19-,25-23-,30-27-. The van der Waals surface area contributed by atoms with E-state index in [9.17, 15) is 14.4 Å². The topological polar surface area (TPSA) is 78.9 Å². The summed E-state index contributed by atoms with van der Waals surface area (Å²) in [6.07, 6.45) is 47.8. The quantitative estimate of drug-likeness (QED) is 0.0274. The van der Waals surface area contributed by atoms with Crippen molar-refractivity contribution >= 4 is 17.9 Å². The zero-order valence-corrected chi connectivity index (χ0v) is 33.8. The molecule has 0 radical (unpaired) electrons. The lowest BCUT2D eigenvalue weighted by molar-refractivity contribution is -0.167. The third-order valence-electron chi connectivity index (χ3n) is 8.91. The van der Waals surface area contributed by atoms with Crippen molar-refractivity contribution in [1.29, 1.82) is 0 Å². The van der Waals surface area contributed by atoms with Crippen LogP contribution in [0.4, 0.5) is 0 Å². The molecule has 0 fully saturated rings. The Hall–Kier alpha value is -2.89. The number of esters is 3. The van der Waals surface area contributed by atoms with Gasteiger partial charge in [-0.25, -0.2) is 0 Å². The smallest absolute Gasteiger partial charge is 0.306 e. The Morgan fingerprint density at radius 2 is 0.750 bits per heavy atom. The Bertz CT molecular complexity index is 975. The lowest BCUT2D eigenvalue weighted by Gasteiger charge is -2.18. The van der Waals surface area contributed by atoms with Crippen LogP contribution in [0, 0.1) is 0 Å². The molecule has 0 rings (SSSR count). The summed E-state index contributed by atoms with van der Waals surface area (Å²) in [5.41, 5.74) is 0. The van der Waals surface area contributed by atoms with Crippen LogP contribution in [0.3, 0.4) is 0 Å². The highest BCUT2D eigenvalue weighted by Gasteiger charge is 2.19. The minimum Gasteiger partial charge on any atom is -0.462 e. The number of carbonyl (C=O) groups is 3. The van der Waals surface area contributed by atoms with Crippen molar-refractivity contribution in [2.45, 2.75) is 200 Å². The maximum Gasteiger partial charge on any atom is 0.306 e. The monoisotopic (exact) mass is 727 g/mol. The second kappa shape index (κ2) is 40.9. The molecule has 0 aromatic heterocycles. The molecule has 0 bridgehead atoms. The summed E-state index contributed by atoms with van der Waals surface area (Å²) in [6.45, 7) is 6.39. The lowest BCUT2D eigenvalue weighted by Crippen LogP contribution is -2.30. The number of rotatable bonds is 37. The molecule has 298 valence electrons. The van der Waals surface area contributed by atoms with Crippen LogP contribution in [0.2, 0.25) is 0 Å². The lowest BCUT2D eigenvalue weighted by atomic mass is 10.1. The molecular formula is C46H78O6. The van der Waals surface area contributed by atoms with Gasteiger partial charge in [0.25, 0.3) is 0 Å². The molecule has 0 heterocycles. The van der Waals surface area contributed by atoms with Gasteiger partial charge in [-0.15, -0.1) is 0 Å². The minimum atomic E-state index is -0.795. The van der Waals surface area contributed by atoms with E-state index in [0.29, 0.717) is 19.3 Å². The van der Waals surface area contributed by atoms with Gasteiger partial charge in [0.05, 0.1) is 0 Å². The van der Waals surface area contributed by atoms with Crippen LogP contribution in [0.15, 0.2) is 60.8 Å². The zero-order valence-electron chi connectivity index (χ0n) is 33.8. The fourth-order valence-corrected chi connectivity index (χ4v) is 5.71. The number of allylic oxidation sites excluding steroid dienone is 10. The molecule has 1 atom stereocenters. The zero-order chi connectivity index (χ0) is 38.0. The molecule has 1 unspecified atom stereocenters. The van der Waals surface area contributed by atoms with Gasteiger partial charge in [0.2, 0.25) is 0 Å². The summed E-state index contributed by atoms with van der Waals surface area (Å²) in [4.78, 5) is 37.6. The van der Waals surface area contributed by atoms with E-state index in [4.69, 9.17) is 14.2 Å². The first-order chi connectivity index (χ1) is 25.5. The third-order valence-corrected chi connectivity index (χ3v) is 8.91. The van der Waals surface area contributed by atoms with Crippen molar-refractivity contribution in [3.8, 4) is 0 Å². The summed E-state index contributed by atoms with van der Waals surface area (Å²) >= 11 is 0. The van der Waals surface area contributed by atoms with E-state index < -0.39 is 6.10 Å². The molecule has 0 amide bonds. The van der Waals surface area contributed by atoms with Crippen LogP contribution < -0.4 is 0 Å². The van der Waals surface area contributed by atoms with Crippen LogP contribution in [0.5, 0.6) is 0 Å². The number of unbranched alkanes of at least 4 members (excludes halogenated alkanes) is 20. The molecule has 0 saturated heterocycles. The van der Waals surface area contributed by atoms with E-state index >= 15 is 0 Å². The van der Waals surface area contributed by atoms with E-state index in [1.54, 1.807) is 0 Å². The molecule has 0 aliphatic heterocycles. The second-order valence-electron chi connectivity index (χ2n) is 14.0. The van der Waals surface area contributed by atoms with Crippen LogP contribution in [0.1, 0.15) is 194 Å². The van der Waals surface area contributed by atoms with Crippen molar-refractivity contribution in [3.05, 3.63) is 60.8 Å². The SMILES string of the molecule is CC\C=C/C=C\C=C/C=C\C=C/CCCC(=O)OCC(COC(=O)CCCCCCCCCCCC)OC(=O)CCCCCCCCCCCCC. The first kappa shape index (κ1) is 49.1. The Morgan fingerprint density at radius 3 is 1.17 bits per heavy atom. The molecule has 0 aromatic rings. The van der Waals surface area contributed by atoms with E-state index in [-0.39, 0.29) is 37.5 Å². The molecule has 6 heteroatoms. The third kappa shape index (κ3) is 38.3. The normalized spacial score (nSPS) is 12.6. The summed E-state index contributed by atoms with van der Waals surface area (Å²) < 4.78 is 16.6. The average molecular weight is 727 g/mol. The Balaban J connectivity index is 4.50. The minimum absolute atomic E-state index is 0.0946. The highest BCUT2D eigenvalue weighted by atomic mass is 16.6. The van der Waals surface area contributed by atoms with Crippen molar-refractivity contribution in [2.75, 3.05) is 13.2 Å². The number of hydrogen-bond acceptors (Lipinski definition) is 6. The van der Waals surface area contributed by atoms with Gasteiger partial charge in [-0.05, 0) is 32.1 Å². The Morgan fingerprint density at radius 1 is 0.404 bits per heavy atom. The predicted molar refractivity (Wildman–Crippen MR) is 219 cm³/mol. The summed E-state index contributed by atoms with van der Waals surface area (Å²) in [6, 6.07) is 0. The predicted octanol–water partition coefficient (Wildman–Crippen LogP) is 13.4. The highest BCUT2D eigenvalue weighted by Crippen LogP contribution is 2.14. The van der Waals surface area contributed by atoms with E-state index in [0.717, 1.165) is 51.4 Å². The second-order valence-corrected chi connectivity index (χ2v) is 14.0. The van der Waals surface area contributed by atoms with Gasteiger partial charge in [-0.2, -0.15) is 0 Å². The van der Waals surface area contributed by atoms with Gasteiger partial charge in [-0.1, -0.05) is 204 Å². The maximum absolute atomic E-state index is 12.7. The Kier molecular flexibility index (Phi) is 38.6. The number of ether oxygens (including phenoxy) is 3. The van der Waals surface area contributed by atoms with Gasteiger partial charge in [0.1, 0.15) is 13.2 Å². The summed E-state index contributed by atoms with van der Waals surface area (Å²) in [5.74, 6) is -0.979. The van der Waals surface area contributed by atoms with E-state index in [1.165, 1.54) is 96.3 Å². The number of hydrogen-bond donors (Lipinski definition) is 0. The fraction of sp³-hybridized carbons (Fsp3) is 0.717.